The van der Waals surface area contributed by atoms with E-state index in [-0.39, 0.29) is 36.7 Å². The fourth-order valence-electron chi connectivity index (χ4n) is 2.97. The molecule has 0 atom stereocenters. The van der Waals surface area contributed by atoms with E-state index in [0.29, 0.717) is 24.4 Å². The summed E-state index contributed by atoms with van der Waals surface area (Å²) in [5.74, 6) is -0.236. The van der Waals surface area contributed by atoms with Gasteiger partial charge in [-0.1, -0.05) is 18.2 Å². The molecule has 1 aliphatic rings. The second kappa shape index (κ2) is 10.4. The number of carbonyl (C=O) groups excluding carboxylic acids is 2. The fraction of sp³-hybridized carbons (Fsp3) is 0.273. The van der Waals surface area contributed by atoms with Gasteiger partial charge in [0.15, 0.2) is 11.5 Å². The molecule has 1 aliphatic heterocycles. The predicted octanol–water partition coefficient (Wildman–Crippen LogP) is 3.97. The molecule has 2 amide bonds. The average molecular weight is 432 g/mol. The van der Waals surface area contributed by atoms with Gasteiger partial charge >= 0.3 is 12.7 Å². The standard InChI is InChI=1S/C22H22F2N2O5/c1-2-29-19-13-15(6-8-18(19)31-21(23)24)7-9-20(27)25-14-16-4-3-5-17(12-16)26-10-11-30-22(26)28/h3-9,12-13,21H,2,10-11,14H2,1H3,(H,25,27). The molecule has 31 heavy (non-hydrogen) atoms. The van der Waals surface area contributed by atoms with Crippen molar-refractivity contribution in [1.29, 1.82) is 0 Å². The summed E-state index contributed by atoms with van der Waals surface area (Å²) in [6.45, 7) is 0.157. The van der Waals surface area contributed by atoms with Gasteiger partial charge < -0.3 is 19.5 Å². The molecule has 1 fully saturated rings. The minimum Gasteiger partial charge on any atom is -0.490 e. The smallest absolute Gasteiger partial charge is 0.414 e. The summed E-state index contributed by atoms with van der Waals surface area (Å²) in [7, 11) is 0. The van der Waals surface area contributed by atoms with E-state index < -0.39 is 6.61 Å². The maximum absolute atomic E-state index is 12.5. The predicted molar refractivity (Wildman–Crippen MR) is 110 cm³/mol. The van der Waals surface area contributed by atoms with Crippen LogP contribution in [-0.2, 0) is 16.1 Å². The first kappa shape index (κ1) is 22.1. The van der Waals surface area contributed by atoms with Crippen LogP contribution in [0.5, 0.6) is 11.5 Å². The normalized spacial score (nSPS) is 13.5. The fourth-order valence-corrected chi connectivity index (χ4v) is 2.97. The molecule has 9 heteroatoms. The van der Waals surface area contributed by atoms with E-state index >= 15 is 0 Å². The largest absolute Gasteiger partial charge is 0.490 e. The van der Waals surface area contributed by atoms with Crippen LogP contribution in [0.1, 0.15) is 18.1 Å². The monoisotopic (exact) mass is 432 g/mol. The van der Waals surface area contributed by atoms with E-state index in [1.165, 1.54) is 23.1 Å². The molecule has 1 N–H and O–H groups in total. The third kappa shape index (κ3) is 6.18. The van der Waals surface area contributed by atoms with Crippen molar-refractivity contribution in [3.63, 3.8) is 0 Å². The lowest BCUT2D eigenvalue weighted by atomic mass is 10.1. The summed E-state index contributed by atoms with van der Waals surface area (Å²) in [6, 6.07) is 11.7. The number of nitrogens with one attached hydrogen (secondary N) is 1. The quantitative estimate of drug-likeness (QED) is 0.607. The molecule has 1 heterocycles. The highest BCUT2D eigenvalue weighted by molar-refractivity contribution is 5.92. The molecule has 7 nitrogen and oxygen atoms in total. The summed E-state index contributed by atoms with van der Waals surface area (Å²) in [5.41, 5.74) is 2.13. The molecule has 0 spiro atoms. The Hall–Kier alpha value is -3.62. The number of hydrogen-bond donors (Lipinski definition) is 1. The van der Waals surface area contributed by atoms with Crippen LogP contribution < -0.4 is 19.7 Å². The van der Waals surface area contributed by atoms with Gasteiger partial charge in [-0.3, -0.25) is 9.69 Å². The van der Waals surface area contributed by atoms with Crippen molar-refractivity contribution in [2.24, 2.45) is 0 Å². The summed E-state index contributed by atoms with van der Waals surface area (Å²) in [4.78, 5) is 25.4. The van der Waals surface area contributed by atoms with Crippen molar-refractivity contribution in [2.45, 2.75) is 20.1 Å². The number of alkyl halides is 2. The minimum atomic E-state index is -2.96. The van der Waals surface area contributed by atoms with Gasteiger partial charge in [-0.2, -0.15) is 8.78 Å². The third-order valence-electron chi connectivity index (χ3n) is 4.36. The van der Waals surface area contributed by atoms with Gasteiger partial charge in [0, 0.05) is 18.3 Å². The molecule has 3 rings (SSSR count). The molecular weight excluding hydrogens is 410 g/mol. The van der Waals surface area contributed by atoms with Crippen LogP contribution >= 0.6 is 0 Å². The van der Waals surface area contributed by atoms with Crippen LogP contribution in [0, 0.1) is 0 Å². The summed E-state index contributed by atoms with van der Waals surface area (Å²) >= 11 is 0. The van der Waals surface area contributed by atoms with Gasteiger partial charge in [0.05, 0.1) is 13.2 Å². The molecule has 0 bridgehead atoms. The van der Waals surface area contributed by atoms with Crippen LogP contribution in [0.3, 0.4) is 0 Å². The second-order valence-electron chi connectivity index (χ2n) is 6.50. The topological polar surface area (TPSA) is 77.1 Å². The van der Waals surface area contributed by atoms with Gasteiger partial charge in [-0.05, 0) is 48.4 Å². The van der Waals surface area contributed by atoms with E-state index in [1.807, 2.05) is 12.1 Å². The number of ether oxygens (including phenoxy) is 3. The Kier molecular flexibility index (Phi) is 7.42. The van der Waals surface area contributed by atoms with Crippen molar-refractivity contribution in [1.82, 2.24) is 5.32 Å². The van der Waals surface area contributed by atoms with Crippen LogP contribution in [-0.4, -0.2) is 38.4 Å². The average Bonchev–Trinajstić information content (AvgIpc) is 3.18. The number of amides is 2. The highest BCUT2D eigenvalue weighted by Gasteiger charge is 2.23. The highest BCUT2D eigenvalue weighted by Crippen LogP contribution is 2.30. The first-order valence-electron chi connectivity index (χ1n) is 9.67. The lowest BCUT2D eigenvalue weighted by Gasteiger charge is -2.14. The Morgan fingerprint density at radius 2 is 2.10 bits per heavy atom. The van der Waals surface area contributed by atoms with Crippen LogP contribution in [0.2, 0.25) is 0 Å². The van der Waals surface area contributed by atoms with E-state index in [9.17, 15) is 18.4 Å². The van der Waals surface area contributed by atoms with Gasteiger partial charge in [0.25, 0.3) is 0 Å². The van der Waals surface area contributed by atoms with Crippen LogP contribution in [0.15, 0.2) is 48.5 Å². The zero-order valence-electron chi connectivity index (χ0n) is 16.8. The lowest BCUT2D eigenvalue weighted by molar-refractivity contribution is -0.116. The summed E-state index contributed by atoms with van der Waals surface area (Å²) in [6.07, 6.45) is 2.49. The maximum atomic E-state index is 12.5. The first-order chi connectivity index (χ1) is 15.0. The number of nitrogens with zero attached hydrogens (tertiary/aromatic N) is 1. The molecule has 2 aromatic rings. The summed E-state index contributed by atoms with van der Waals surface area (Å²) < 4.78 is 39.6. The van der Waals surface area contributed by atoms with Crippen molar-refractivity contribution in [3.8, 4) is 11.5 Å². The molecule has 0 saturated carbocycles. The van der Waals surface area contributed by atoms with Gasteiger partial charge in [0.1, 0.15) is 6.61 Å². The molecule has 2 aromatic carbocycles. The SMILES string of the molecule is CCOc1cc(C=CC(=O)NCc2cccc(N3CCOC3=O)c2)ccc1OC(F)F. The second-order valence-corrected chi connectivity index (χ2v) is 6.50. The summed E-state index contributed by atoms with van der Waals surface area (Å²) in [5, 5.41) is 2.76. The molecule has 0 unspecified atom stereocenters. The van der Waals surface area contributed by atoms with Crippen LogP contribution in [0.25, 0.3) is 6.08 Å². The molecule has 0 radical (unpaired) electrons. The number of benzene rings is 2. The number of cyclic esters (lactones) is 1. The molecule has 0 aromatic heterocycles. The van der Waals surface area contributed by atoms with E-state index in [0.717, 1.165) is 5.56 Å². The molecular formula is C22H22F2N2O5. The molecule has 1 saturated heterocycles. The number of hydrogen-bond acceptors (Lipinski definition) is 5. The Bertz CT molecular complexity index is 965. The van der Waals surface area contributed by atoms with Gasteiger partial charge in [-0.25, -0.2) is 4.79 Å². The van der Waals surface area contributed by atoms with Gasteiger partial charge in [-0.15, -0.1) is 0 Å². The zero-order valence-corrected chi connectivity index (χ0v) is 16.8. The molecule has 164 valence electrons. The lowest BCUT2D eigenvalue weighted by Crippen LogP contribution is -2.24. The Morgan fingerprint density at radius 1 is 1.26 bits per heavy atom. The number of rotatable bonds is 9. The highest BCUT2D eigenvalue weighted by atomic mass is 19.3. The Balaban J connectivity index is 1.59. The number of halogens is 2. The number of carbonyl (C=O) groups is 2. The van der Waals surface area contributed by atoms with Crippen molar-refractivity contribution in [2.75, 3.05) is 24.7 Å². The van der Waals surface area contributed by atoms with Crippen molar-refractivity contribution < 1.29 is 32.6 Å². The van der Waals surface area contributed by atoms with E-state index in [1.54, 1.807) is 31.2 Å². The number of anilines is 1. The Labute approximate surface area is 178 Å². The van der Waals surface area contributed by atoms with Crippen molar-refractivity contribution >= 4 is 23.8 Å². The van der Waals surface area contributed by atoms with Gasteiger partial charge in [0.2, 0.25) is 5.91 Å². The van der Waals surface area contributed by atoms with Crippen molar-refractivity contribution in [3.05, 3.63) is 59.7 Å². The molecule has 0 aliphatic carbocycles. The first-order valence-corrected chi connectivity index (χ1v) is 9.67. The zero-order chi connectivity index (χ0) is 22.2. The van der Waals surface area contributed by atoms with Crippen LogP contribution in [0.4, 0.5) is 19.3 Å². The van der Waals surface area contributed by atoms with E-state index in [4.69, 9.17) is 9.47 Å². The third-order valence-corrected chi connectivity index (χ3v) is 4.36. The van der Waals surface area contributed by atoms with E-state index in [2.05, 4.69) is 10.1 Å². The maximum Gasteiger partial charge on any atom is 0.414 e. The minimum absolute atomic E-state index is 0.0692. The Morgan fingerprint density at radius 3 is 2.81 bits per heavy atom.